The van der Waals surface area contributed by atoms with Crippen LogP contribution in [0.2, 0.25) is 0 Å². The van der Waals surface area contributed by atoms with Gasteiger partial charge in [0.25, 0.3) is 5.91 Å². The molecule has 2 aliphatic rings. The Kier molecular flexibility index (Phi) is 3.75. The molecule has 0 bridgehead atoms. The molecule has 132 valence electrons. The third-order valence-electron chi connectivity index (χ3n) is 4.65. The van der Waals surface area contributed by atoms with Gasteiger partial charge in [-0.2, -0.15) is 13.2 Å². The fourth-order valence-corrected chi connectivity index (χ4v) is 3.37. The van der Waals surface area contributed by atoms with Gasteiger partial charge in [0.15, 0.2) is 0 Å². The average molecular weight is 352 g/mol. The molecule has 9 heteroatoms. The predicted molar refractivity (Wildman–Crippen MR) is 79.6 cm³/mol. The maximum atomic E-state index is 12.9. The minimum absolute atomic E-state index is 0.0313. The van der Waals surface area contributed by atoms with Crippen molar-refractivity contribution in [2.45, 2.75) is 31.3 Å². The van der Waals surface area contributed by atoms with E-state index in [0.717, 1.165) is 17.8 Å². The van der Waals surface area contributed by atoms with Crippen molar-refractivity contribution in [3.8, 4) is 0 Å². The van der Waals surface area contributed by atoms with E-state index in [9.17, 15) is 18.0 Å². The summed E-state index contributed by atoms with van der Waals surface area (Å²) in [6.07, 6.45) is -2.33. The molecular formula is C16H15F3N4O2. The Hall–Kier alpha value is -2.42. The zero-order valence-corrected chi connectivity index (χ0v) is 13.1. The van der Waals surface area contributed by atoms with Crippen LogP contribution in [0, 0.1) is 0 Å². The topological polar surface area (TPSA) is 60.3 Å². The van der Waals surface area contributed by atoms with Crippen LogP contribution in [0.3, 0.4) is 0 Å². The van der Waals surface area contributed by atoms with E-state index in [-0.39, 0.29) is 17.7 Å². The number of likely N-dealkylation sites (tertiary alicyclic amines) is 1. The number of rotatable bonds is 1. The van der Waals surface area contributed by atoms with E-state index < -0.39 is 17.6 Å². The number of alkyl halides is 3. The minimum Gasteiger partial charge on any atom is -0.370 e. The number of fused-ring (bicyclic) bond motifs is 3. The highest BCUT2D eigenvalue weighted by Gasteiger charge is 2.38. The standard InChI is InChI=1S/C16H15F3N4O2/c17-16(18,19)11-3-1-2-10(6-11)15(24)22-5-4-14-13(8-22)23-12(9-25-14)7-20-21-23/h1-3,6-7,13-14H,4-5,8-9H2/t13-,14+/m1/s1. The smallest absolute Gasteiger partial charge is 0.370 e. The van der Waals surface area contributed by atoms with Crippen LogP contribution in [0.4, 0.5) is 13.2 Å². The van der Waals surface area contributed by atoms with Crippen molar-refractivity contribution in [1.82, 2.24) is 19.9 Å². The lowest BCUT2D eigenvalue weighted by Crippen LogP contribution is -2.49. The largest absolute Gasteiger partial charge is 0.416 e. The second-order valence-electron chi connectivity index (χ2n) is 6.21. The van der Waals surface area contributed by atoms with Crippen molar-refractivity contribution in [2.24, 2.45) is 0 Å². The van der Waals surface area contributed by atoms with E-state index >= 15 is 0 Å². The van der Waals surface area contributed by atoms with Crippen molar-refractivity contribution in [3.63, 3.8) is 0 Å². The molecule has 6 nitrogen and oxygen atoms in total. The molecule has 0 aliphatic carbocycles. The summed E-state index contributed by atoms with van der Waals surface area (Å²) in [6, 6.07) is 4.34. The van der Waals surface area contributed by atoms with Crippen LogP contribution < -0.4 is 0 Å². The van der Waals surface area contributed by atoms with E-state index in [1.807, 2.05) is 0 Å². The normalized spacial score (nSPS) is 23.1. The predicted octanol–water partition coefficient (Wildman–Crippen LogP) is 2.28. The molecule has 0 unspecified atom stereocenters. The van der Waals surface area contributed by atoms with Crippen LogP contribution in [0.25, 0.3) is 0 Å². The van der Waals surface area contributed by atoms with Crippen LogP contribution in [0.1, 0.15) is 34.1 Å². The zero-order valence-electron chi connectivity index (χ0n) is 13.1. The summed E-state index contributed by atoms with van der Waals surface area (Å²) in [6.45, 7) is 1.19. The summed E-state index contributed by atoms with van der Waals surface area (Å²) in [5.74, 6) is -0.420. The third kappa shape index (κ3) is 2.88. The van der Waals surface area contributed by atoms with Crippen LogP contribution in [0.5, 0.6) is 0 Å². The molecule has 2 aromatic rings. The van der Waals surface area contributed by atoms with Gasteiger partial charge in [-0.1, -0.05) is 11.3 Å². The quantitative estimate of drug-likeness (QED) is 0.790. The fourth-order valence-electron chi connectivity index (χ4n) is 3.37. The third-order valence-corrected chi connectivity index (χ3v) is 4.65. The number of carbonyl (C=O) groups is 1. The van der Waals surface area contributed by atoms with E-state index in [2.05, 4.69) is 10.3 Å². The van der Waals surface area contributed by atoms with Gasteiger partial charge in [-0.15, -0.1) is 5.10 Å². The highest BCUT2D eigenvalue weighted by molar-refractivity contribution is 5.94. The number of aromatic nitrogens is 3. The summed E-state index contributed by atoms with van der Waals surface area (Å²) < 4.78 is 46.1. The molecule has 0 spiro atoms. The molecule has 25 heavy (non-hydrogen) atoms. The lowest BCUT2D eigenvalue weighted by molar-refractivity contribution is -0.137. The number of amides is 1. The number of hydrogen-bond donors (Lipinski definition) is 0. The summed E-state index contributed by atoms with van der Waals surface area (Å²) in [4.78, 5) is 14.2. The SMILES string of the molecule is O=C(c1cccc(C(F)(F)F)c1)N1CC[C@@H]2OCc3cnnn3[C@@H]2C1. The Labute approximate surface area is 141 Å². The fraction of sp³-hybridized carbons (Fsp3) is 0.438. The van der Waals surface area contributed by atoms with Gasteiger partial charge in [0.05, 0.1) is 36.2 Å². The number of nitrogens with zero attached hydrogens (tertiary/aromatic N) is 4. The van der Waals surface area contributed by atoms with E-state index in [4.69, 9.17) is 4.74 Å². The van der Waals surface area contributed by atoms with E-state index in [1.54, 1.807) is 15.8 Å². The first-order chi connectivity index (χ1) is 11.9. The van der Waals surface area contributed by atoms with Gasteiger partial charge in [0.1, 0.15) is 0 Å². The van der Waals surface area contributed by atoms with Crippen LogP contribution in [0.15, 0.2) is 30.5 Å². The molecule has 2 aliphatic heterocycles. The molecule has 1 aromatic carbocycles. The number of carbonyl (C=O) groups excluding carboxylic acids is 1. The molecule has 1 amide bonds. The lowest BCUT2D eigenvalue weighted by Gasteiger charge is -2.41. The van der Waals surface area contributed by atoms with Gasteiger partial charge in [-0.25, -0.2) is 4.68 Å². The number of ether oxygens (including phenoxy) is 1. The minimum atomic E-state index is -4.48. The number of halogens is 3. The molecule has 0 radical (unpaired) electrons. The zero-order chi connectivity index (χ0) is 17.6. The summed E-state index contributed by atoms with van der Waals surface area (Å²) in [7, 11) is 0. The molecule has 2 atom stereocenters. The monoisotopic (exact) mass is 352 g/mol. The molecule has 1 saturated heterocycles. The van der Waals surface area contributed by atoms with Crippen LogP contribution in [-0.4, -0.2) is 45.0 Å². The van der Waals surface area contributed by atoms with Crippen LogP contribution >= 0.6 is 0 Å². The van der Waals surface area contributed by atoms with Crippen molar-refractivity contribution < 1.29 is 22.7 Å². The highest BCUT2D eigenvalue weighted by Crippen LogP contribution is 2.32. The summed E-state index contributed by atoms with van der Waals surface area (Å²) in [5, 5.41) is 7.92. The molecule has 1 aromatic heterocycles. The van der Waals surface area contributed by atoms with Crippen molar-refractivity contribution >= 4 is 5.91 Å². The Balaban J connectivity index is 1.57. The van der Waals surface area contributed by atoms with Crippen molar-refractivity contribution in [2.75, 3.05) is 13.1 Å². The van der Waals surface area contributed by atoms with Gasteiger partial charge in [-0.05, 0) is 24.6 Å². The Bertz CT molecular complexity index is 805. The van der Waals surface area contributed by atoms with Crippen LogP contribution in [-0.2, 0) is 17.5 Å². The second kappa shape index (κ2) is 5.83. The van der Waals surface area contributed by atoms with Crippen molar-refractivity contribution in [3.05, 3.63) is 47.3 Å². The average Bonchev–Trinajstić information content (AvgIpc) is 3.09. The van der Waals surface area contributed by atoms with E-state index in [0.29, 0.717) is 26.1 Å². The first-order valence-electron chi connectivity index (χ1n) is 7.90. The lowest BCUT2D eigenvalue weighted by atomic mass is 9.99. The van der Waals surface area contributed by atoms with E-state index in [1.165, 1.54) is 12.1 Å². The molecule has 0 N–H and O–H groups in total. The molecular weight excluding hydrogens is 337 g/mol. The first kappa shape index (κ1) is 16.1. The highest BCUT2D eigenvalue weighted by atomic mass is 19.4. The second-order valence-corrected chi connectivity index (χ2v) is 6.21. The van der Waals surface area contributed by atoms with Gasteiger partial charge >= 0.3 is 6.18 Å². The van der Waals surface area contributed by atoms with Crippen molar-refractivity contribution in [1.29, 1.82) is 0 Å². The Morgan fingerprint density at radius 1 is 1.32 bits per heavy atom. The Morgan fingerprint density at radius 3 is 2.96 bits per heavy atom. The Morgan fingerprint density at radius 2 is 2.16 bits per heavy atom. The molecule has 1 fully saturated rings. The molecule has 0 saturated carbocycles. The van der Waals surface area contributed by atoms with Gasteiger partial charge in [0.2, 0.25) is 0 Å². The summed E-state index contributed by atoms with van der Waals surface area (Å²) >= 11 is 0. The first-order valence-corrected chi connectivity index (χ1v) is 7.90. The van der Waals surface area contributed by atoms with Gasteiger partial charge < -0.3 is 9.64 Å². The summed E-state index contributed by atoms with van der Waals surface area (Å²) in [5.41, 5.74) is 0.0335. The van der Waals surface area contributed by atoms with Gasteiger partial charge in [-0.3, -0.25) is 4.79 Å². The number of benzene rings is 1. The molecule has 4 rings (SSSR count). The number of hydrogen-bond acceptors (Lipinski definition) is 4. The molecule has 3 heterocycles. The maximum absolute atomic E-state index is 12.9. The number of piperidine rings is 1. The van der Waals surface area contributed by atoms with Gasteiger partial charge in [0, 0.05) is 18.7 Å². The maximum Gasteiger partial charge on any atom is 0.416 e.